The van der Waals surface area contributed by atoms with E-state index in [1.165, 1.54) is 5.56 Å². The molecule has 20 heavy (non-hydrogen) atoms. The second-order valence-corrected chi connectivity index (χ2v) is 5.45. The number of rotatable bonds is 10. The monoisotopic (exact) mass is 279 g/mol. The van der Waals surface area contributed by atoms with E-state index in [4.69, 9.17) is 9.47 Å². The largest absolute Gasteiger partial charge is 0.491 e. The molecule has 0 bridgehead atoms. The normalized spacial score (nSPS) is 12.7. The van der Waals surface area contributed by atoms with Gasteiger partial charge in [0.05, 0.1) is 13.2 Å². The maximum Gasteiger partial charge on any atom is 0.119 e. The van der Waals surface area contributed by atoms with Gasteiger partial charge < -0.3 is 14.8 Å². The molecule has 1 aromatic carbocycles. The molecule has 1 atom stereocenters. The van der Waals surface area contributed by atoms with Crippen LogP contribution in [0, 0.1) is 0 Å². The Bertz CT molecular complexity index is 366. The lowest BCUT2D eigenvalue weighted by Gasteiger charge is -2.12. The zero-order valence-electron chi connectivity index (χ0n) is 13.3. The molecule has 1 rings (SSSR count). The molecule has 0 aliphatic heterocycles. The van der Waals surface area contributed by atoms with Crippen molar-refractivity contribution >= 4 is 0 Å². The number of hydrogen-bond donors (Lipinski definition) is 1. The lowest BCUT2D eigenvalue weighted by atomic mass is 10.0. The third-order valence-corrected chi connectivity index (χ3v) is 3.37. The molecule has 114 valence electrons. The lowest BCUT2D eigenvalue weighted by molar-refractivity contribution is 0.100. The molecule has 1 N–H and O–H groups in total. The van der Waals surface area contributed by atoms with Crippen LogP contribution >= 0.6 is 0 Å². The summed E-state index contributed by atoms with van der Waals surface area (Å²) in [6.07, 6.45) is 1.15. The molecule has 3 heteroatoms. The Kier molecular flexibility index (Phi) is 8.31. The fraction of sp³-hybridized carbons (Fsp3) is 0.647. The maximum absolute atomic E-state index is 5.70. The van der Waals surface area contributed by atoms with Crippen molar-refractivity contribution in [1.82, 2.24) is 5.32 Å². The standard InChI is InChI=1S/C17H29NO2/c1-5-15(4)18-9-10-19-11-12-20-17-8-6-7-16(13-17)14(2)3/h6-8,13-15,18H,5,9-12H2,1-4H3/t15-/m1/s1. The Balaban J connectivity index is 2.11. The number of benzene rings is 1. The molecule has 0 aromatic heterocycles. The lowest BCUT2D eigenvalue weighted by Crippen LogP contribution is -2.29. The molecule has 0 saturated carbocycles. The zero-order chi connectivity index (χ0) is 14.8. The van der Waals surface area contributed by atoms with Crippen LogP contribution in [0.5, 0.6) is 5.75 Å². The number of hydrogen-bond acceptors (Lipinski definition) is 3. The van der Waals surface area contributed by atoms with Gasteiger partial charge >= 0.3 is 0 Å². The topological polar surface area (TPSA) is 30.5 Å². The molecule has 0 spiro atoms. The van der Waals surface area contributed by atoms with Crippen LogP contribution in [0.1, 0.15) is 45.6 Å². The summed E-state index contributed by atoms with van der Waals surface area (Å²) in [4.78, 5) is 0. The third kappa shape index (κ3) is 6.92. The van der Waals surface area contributed by atoms with E-state index >= 15 is 0 Å². The minimum atomic E-state index is 0.529. The third-order valence-electron chi connectivity index (χ3n) is 3.37. The zero-order valence-corrected chi connectivity index (χ0v) is 13.3. The molecule has 0 aliphatic carbocycles. The molecular formula is C17H29NO2. The van der Waals surface area contributed by atoms with Crippen LogP contribution in [-0.4, -0.2) is 32.4 Å². The van der Waals surface area contributed by atoms with Gasteiger partial charge in [-0.15, -0.1) is 0 Å². The molecule has 0 heterocycles. The van der Waals surface area contributed by atoms with Crippen LogP contribution in [0.15, 0.2) is 24.3 Å². The minimum absolute atomic E-state index is 0.529. The Hall–Kier alpha value is -1.06. The summed E-state index contributed by atoms with van der Waals surface area (Å²) in [5.74, 6) is 1.46. The van der Waals surface area contributed by atoms with E-state index in [0.717, 1.165) is 25.3 Å². The van der Waals surface area contributed by atoms with Gasteiger partial charge in [-0.25, -0.2) is 0 Å². The summed E-state index contributed by atoms with van der Waals surface area (Å²) in [7, 11) is 0. The maximum atomic E-state index is 5.70. The second-order valence-electron chi connectivity index (χ2n) is 5.45. The molecule has 0 fully saturated rings. The van der Waals surface area contributed by atoms with E-state index in [2.05, 4.69) is 45.1 Å². The highest BCUT2D eigenvalue weighted by Gasteiger charge is 2.01. The smallest absolute Gasteiger partial charge is 0.119 e. The van der Waals surface area contributed by atoms with Crippen LogP contribution in [0.4, 0.5) is 0 Å². The second kappa shape index (κ2) is 9.78. The summed E-state index contributed by atoms with van der Waals surface area (Å²) in [5, 5.41) is 3.39. The predicted octanol–water partition coefficient (Wildman–Crippen LogP) is 3.59. The van der Waals surface area contributed by atoms with E-state index in [1.807, 2.05) is 12.1 Å². The first-order valence-corrected chi connectivity index (χ1v) is 7.67. The Morgan fingerprint density at radius 1 is 1.10 bits per heavy atom. The Labute approximate surface area is 123 Å². The molecule has 0 amide bonds. The van der Waals surface area contributed by atoms with Gasteiger partial charge in [-0.05, 0) is 37.0 Å². The summed E-state index contributed by atoms with van der Waals surface area (Å²) < 4.78 is 11.2. The summed E-state index contributed by atoms with van der Waals surface area (Å²) in [5.41, 5.74) is 1.31. The van der Waals surface area contributed by atoms with Gasteiger partial charge in [-0.1, -0.05) is 32.9 Å². The van der Waals surface area contributed by atoms with E-state index in [1.54, 1.807) is 0 Å². The Morgan fingerprint density at radius 3 is 2.60 bits per heavy atom. The van der Waals surface area contributed by atoms with Gasteiger partial charge in [0.25, 0.3) is 0 Å². The SMILES string of the molecule is CC[C@@H](C)NCCOCCOc1cccc(C(C)C)c1. The fourth-order valence-corrected chi connectivity index (χ4v) is 1.81. The van der Waals surface area contributed by atoms with Crippen LogP contribution in [-0.2, 0) is 4.74 Å². The van der Waals surface area contributed by atoms with Gasteiger partial charge in [-0.3, -0.25) is 0 Å². The average molecular weight is 279 g/mol. The van der Waals surface area contributed by atoms with Crippen molar-refractivity contribution < 1.29 is 9.47 Å². The van der Waals surface area contributed by atoms with Crippen molar-refractivity contribution in [2.75, 3.05) is 26.4 Å². The van der Waals surface area contributed by atoms with Gasteiger partial charge in [0.15, 0.2) is 0 Å². The van der Waals surface area contributed by atoms with Crippen LogP contribution in [0.25, 0.3) is 0 Å². The quantitative estimate of drug-likeness (QED) is 0.664. The first-order chi connectivity index (χ1) is 9.63. The van der Waals surface area contributed by atoms with Crippen molar-refractivity contribution in [2.24, 2.45) is 0 Å². The fourth-order valence-electron chi connectivity index (χ4n) is 1.81. The molecular weight excluding hydrogens is 250 g/mol. The molecule has 3 nitrogen and oxygen atoms in total. The van der Waals surface area contributed by atoms with Crippen molar-refractivity contribution in [3.8, 4) is 5.75 Å². The molecule has 0 saturated heterocycles. The highest BCUT2D eigenvalue weighted by atomic mass is 16.5. The van der Waals surface area contributed by atoms with Crippen molar-refractivity contribution in [3.05, 3.63) is 29.8 Å². The van der Waals surface area contributed by atoms with Gasteiger partial charge in [-0.2, -0.15) is 0 Å². The summed E-state index contributed by atoms with van der Waals surface area (Å²) in [6, 6.07) is 8.84. The molecule has 0 radical (unpaired) electrons. The number of ether oxygens (including phenoxy) is 2. The highest BCUT2D eigenvalue weighted by molar-refractivity contribution is 5.30. The van der Waals surface area contributed by atoms with Gasteiger partial charge in [0.2, 0.25) is 0 Å². The van der Waals surface area contributed by atoms with Gasteiger partial charge in [0, 0.05) is 12.6 Å². The van der Waals surface area contributed by atoms with E-state index in [0.29, 0.717) is 25.2 Å². The van der Waals surface area contributed by atoms with Crippen molar-refractivity contribution in [2.45, 2.75) is 46.1 Å². The highest BCUT2D eigenvalue weighted by Crippen LogP contribution is 2.19. The first kappa shape index (κ1) is 17.0. The molecule has 1 aromatic rings. The van der Waals surface area contributed by atoms with Crippen molar-refractivity contribution in [1.29, 1.82) is 0 Å². The van der Waals surface area contributed by atoms with Crippen LogP contribution in [0.3, 0.4) is 0 Å². The van der Waals surface area contributed by atoms with Crippen molar-refractivity contribution in [3.63, 3.8) is 0 Å². The Morgan fingerprint density at radius 2 is 1.90 bits per heavy atom. The first-order valence-electron chi connectivity index (χ1n) is 7.67. The predicted molar refractivity (Wildman–Crippen MR) is 84.6 cm³/mol. The molecule has 0 aliphatic rings. The van der Waals surface area contributed by atoms with E-state index < -0.39 is 0 Å². The van der Waals surface area contributed by atoms with E-state index in [-0.39, 0.29) is 0 Å². The van der Waals surface area contributed by atoms with Crippen LogP contribution in [0.2, 0.25) is 0 Å². The summed E-state index contributed by atoms with van der Waals surface area (Å²) >= 11 is 0. The van der Waals surface area contributed by atoms with E-state index in [9.17, 15) is 0 Å². The average Bonchev–Trinajstić information content (AvgIpc) is 2.46. The molecule has 0 unspecified atom stereocenters. The van der Waals surface area contributed by atoms with Gasteiger partial charge in [0.1, 0.15) is 12.4 Å². The van der Waals surface area contributed by atoms with Crippen LogP contribution < -0.4 is 10.1 Å². The minimum Gasteiger partial charge on any atom is -0.491 e. The number of nitrogens with one attached hydrogen (secondary N) is 1. The summed E-state index contributed by atoms with van der Waals surface area (Å²) in [6.45, 7) is 11.6.